The van der Waals surface area contributed by atoms with Crippen LogP contribution in [0.1, 0.15) is 36.3 Å². The van der Waals surface area contributed by atoms with Gasteiger partial charge in [-0.1, -0.05) is 15.9 Å². The highest BCUT2D eigenvalue weighted by Gasteiger charge is 2.43. The van der Waals surface area contributed by atoms with Crippen LogP contribution in [0.3, 0.4) is 0 Å². The number of rotatable bonds is 3. The predicted molar refractivity (Wildman–Crippen MR) is 87.3 cm³/mol. The van der Waals surface area contributed by atoms with Crippen molar-refractivity contribution in [1.29, 1.82) is 0 Å². The molecule has 5 nitrogen and oxygen atoms in total. The number of allylic oxidation sites excluding steroid dienone is 1. The van der Waals surface area contributed by atoms with E-state index in [9.17, 15) is 14.7 Å². The summed E-state index contributed by atoms with van der Waals surface area (Å²) in [6.07, 6.45) is 1.08. The summed E-state index contributed by atoms with van der Waals surface area (Å²) in [5.74, 6) is -0.185. The Morgan fingerprint density at radius 1 is 1.39 bits per heavy atom. The highest BCUT2D eigenvalue weighted by Crippen LogP contribution is 2.53. The van der Waals surface area contributed by atoms with Gasteiger partial charge >= 0.3 is 5.97 Å². The van der Waals surface area contributed by atoms with Gasteiger partial charge in [0.25, 0.3) is 0 Å². The first kappa shape index (κ1) is 16.1. The first-order valence-corrected chi connectivity index (χ1v) is 8.17. The van der Waals surface area contributed by atoms with Crippen molar-refractivity contribution < 1.29 is 24.2 Å². The number of benzene rings is 1. The van der Waals surface area contributed by atoms with Gasteiger partial charge in [0.05, 0.1) is 19.8 Å². The number of carbonyl (C=O) groups excluding carboxylic acids is 2. The van der Waals surface area contributed by atoms with Gasteiger partial charge in [-0.2, -0.15) is 0 Å². The summed E-state index contributed by atoms with van der Waals surface area (Å²) < 4.78 is 10.9. The van der Waals surface area contributed by atoms with Crippen molar-refractivity contribution >= 4 is 33.4 Å². The van der Waals surface area contributed by atoms with Crippen molar-refractivity contribution in [3.8, 4) is 5.75 Å². The lowest BCUT2D eigenvalue weighted by atomic mass is 9.75. The maximum atomic E-state index is 12.5. The van der Waals surface area contributed by atoms with Gasteiger partial charge in [-0.15, -0.1) is 0 Å². The van der Waals surface area contributed by atoms with Crippen LogP contribution in [0.15, 0.2) is 22.2 Å². The second kappa shape index (κ2) is 6.00. The molecule has 1 N–H and O–H groups in total. The third kappa shape index (κ3) is 2.55. The number of hydrogen-bond donors (Lipinski definition) is 1. The van der Waals surface area contributed by atoms with Gasteiger partial charge in [-0.3, -0.25) is 9.59 Å². The second-order valence-electron chi connectivity index (χ2n) is 5.86. The number of esters is 1. The number of aliphatic hydroxyl groups excluding tert-OH is 1. The molecule has 6 heteroatoms. The second-order valence-corrected chi connectivity index (χ2v) is 6.72. The van der Waals surface area contributed by atoms with Gasteiger partial charge in [0.1, 0.15) is 11.5 Å². The molecular formula is C17H17BrO5. The normalized spacial score (nSPS) is 22.7. The lowest BCUT2D eigenvalue weighted by Gasteiger charge is -2.28. The van der Waals surface area contributed by atoms with E-state index in [4.69, 9.17) is 9.47 Å². The molecule has 0 aliphatic heterocycles. The Morgan fingerprint density at radius 2 is 2.13 bits per heavy atom. The topological polar surface area (TPSA) is 72.8 Å². The van der Waals surface area contributed by atoms with Crippen LogP contribution in [0.25, 0.3) is 5.76 Å². The minimum Gasteiger partial charge on any atom is -0.507 e. The molecule has 0 aromatic heterocycles. The molecule has 0 saturated heterocycles. The highest BCUT2D eigenvalue weighted by atomic mass is 79.9. The van der Waals surface area contributed by atoms with Crippen LogP contribution in [-0.2, 0) is 14.3 Å². The third-order valence-corrected chi connectivity index (χ3v) is 5.28. The van der Waals surface area contributed by atoms with E-state index in [1.807, 2.05) is 6.07 Å². The molecule has 122 valence electrons. The number of hydrogen-bond acceptors (Lipinski definition) is 5. The quantitative estimate of drug-likeness (QED) is 0.813. The zero-order valence-electron chi connectivity index (χ0n) is 12.9. The molecule has 3 rings (SSSR count). The maximum absolute atomic E-state index is 12.5. The number of halogens is 1. The third-order valence-electron chi connectivity index (χ3n) is 4.59. The van der Waals surface area contributed by atoms with Crippen molar-refractivity contribution in [2.75, 3.05) is 14.2 Å². The molecule has 1 aromatic rings. The van der Waals surface area contributed by atoms with Crippen molar-refractivity contribution in [3.63, 3.8) is 0 Å². The molecule has 2 unspecified atom stereocenters. The maximum Gasteiger partial charge on any atom is 0.305 e. The summed E-state index contributed by atoms with van der Waals surface area (Å²) in [6.45, 7) is 0. The number of ether oxygens (including phenoxy) is 2. The van der Waals surface area contributed by atoms with Crippen LogP contribution in [-0.4, -0.2) is 31.1 Å². The molecule has 0 amide bonds. The van der Waals surface area contributed by atoms with Gasteiger partial charge in [0.15, 0.2) is 5.78 Å². The van der Waals surface area contributed by atoms with Crippen LogP contribution in [0.4, 0.5) is 0 Å². The molecule has 23 heavy (non-hydrogen) atoms. The van der Waals surface area contributed by atoms with Gasteiger partial charge in [0, 0.05) is 28.8 Å². The summed E-state index contributed by atoms with van der Waals surface area (Å²) in [6, 6.07) is 3.61. The average molecular weight is 381 g/mol. The number of fused-ring (bicyclic) bond motifs is 3. The highest BCUT2D eigenvalue weighted by molar-refractivity contribution is 9.10. The Labute approximate surface area is 142 Å². The lowest BCUT2D eigenvalue weighted by Crippen LogP contribution is -2.25. The van der Waals surface area contributed by atoms with Crippen molar-refractivity contribution in [2.45, 2.75) is 25.2 Å². The Kier molecular flexibility index (Phi) is 4.19. The summed E-state index contributed by atoms with van der Waals surface area (Å²) in [4.78, 5) is 24.1. The van der Waals surface area contributed by atoms with E-state index in [1.54, 1.807) is 6.07 Å². The molecule has 0 spiro atoms. The SMILES string of the molecule is COC(=O)CC1CC(=O)C2=C(O)c3c(OC)ccc(Br)c3C2C1. The fourth-order valence-corrected chi connectivity index (χ4v) is 4.21. The monoisotopic (exact) mass is 380 g/mol. The number of ketones is 1. The van der Waals surface area contributed by atoms with Crippen molar-refractivity contribution in [2.24, 2.45) is 5.92 Å². The number of aliphatic hydroxyl groups is 1. The fraction of sp³-hybridized carbons (Fsp3) is 0.412. The summed E-state index contributed by atoms with van der Waals surface area (Å²) >= 11 is 3.51. The number of methoxy groups -OCH3 is 2. The largest absolute Gasteiger partial charge is 0.507 e. The molecule has 2 aliphatic rings. The van der Waals surface area contributed by atoms with E-state index in [0.29, 0.717) is 23.3 Å². The van der Waals surface area contributed by atoms with Crippen LogP contribution < -0.4 is 4.74 Å². The zero-order valence-corrected chi connectivity index (χ0v) is 14.5. The molecule has 1 aromatic carbocycles. The zero-order chi connectivity index (χ0) is 16.7. The molecule has 2 aliphatic carbocycles. The van der Waals surface area contributed by atoms with Crippen molar-refractivity contribution in [1.82, 2.24) is 0 Å². The lowest BCUT2D eigenvalue weighted by molar-refractivity contribution is -0.142. The van der Waals surface area contributed by atoms with E-state index in [2.05, 4.69) is 15.9 Å². The smallest absolute Gasteiger partial charge is 0.305 e. The Bertz CT molecular complexity index is 722. The molecule has 0 radical (unpaired) electrons. The van der Waals surface area contributed by atoms with E-state index in [0.717, 1.165) is 10.0 Å². The summed E-state index contributed by atoms with van der Waals surface area (Å²) in [5, 5.41) is 10.6. The Hall–Kier alpha value is -1.82. The molecule has 0 heterocycles. The Morgan fingerprint density at radius 3 is 2.78 bits per heavy atom. The molecule has 1 fully saturated rings. The molecule has 0 bridgehead atoms. The van der Waals surface area contributed by atoms with Gasteiger partial charge in [-0.05, 0) is 30.0 Å². The molecular weight excluding hydrogens is 364 g/mol. The summed E-state index contributed by atoms with van der Waals surface area (Å²) in [5.41, 5.74) is 1.88. The van der Waals surface area contributed by atoms with Crippen molar-refractivity contribution in [3.05, 3.63) is 33.3 Å². The first-order chi connectivity index (χ1) is 11.0. The van der Waals surface area contributed by atoms with E-state index >= 15 is 0 Å². The molecule has 2 atom stereocenters. The van der Waals surface area contributed by atoms with E-state index in [1.165, 1.54) is 14.2 Å². The van der Waals surface area contributed by atoms with E-state index in [-0.39, 0.29) is 42.2 Å². The van der Waals surface area contributed by atoms with E-state index < -0.39 is 0 Å². The van der Waals surface area contributed by atoms with Gasteiger partial charge in [0.2, 0.25) is 0 Å². The minimum atomic E-state index is -0.317. The standard InChI is InChI=1S/C17H17BrO5/c1-22-12-4-3-10(18)14-9-5-8(7-13(20)23-2)6-11(19)15(9)17(21)16(12)14/h3-4,8-9,21H,5-7H2,1-2H3. The summed E-state index contributed by atoms with van der Waals surface area (Å²) in [7, 11) is 2.88. The Balaban J connectivity index is 2.04. The average Bonchev–Trinajstić information content (AvgIpc) is 2.82. The number of carbonyl (C=O) groups is 2. The van der Waals surface area contributed by atoms with Crippen LogP contribution >= 0.6 is 15.9 Å². The van der Waals surface area contributed by atoms with Gasteiger partial charge < -0.3 is 14.6 Å². The first-order valence-electron chi connectivity index (χ1n) is 7.37. The van der Waals surface area contributed by atoms with Crippen LogP contribution in [0.2, 0.25) is 0 Å². The molecule has 1 saturated carbocycles. The number of Topliss-reactive ketones (excluding diaryl/α,β-unsaturated/α-hetero) is 1. The minimum absolute atomic E-state index is 0.00432. The van der Waals surface area contributed by atoms with Crippen LogP contribution in [0.5, 0.6) is 5.75 Å². The predicted octanol–water partition coefficient (Wildman–Crippen LogP) is 3.37. The fourth-order valence-electron chi connectivity index (χ4n) is 3.60. The van der Waals surface area contributed by atoms with Crippen LogP contribution in [0, 0.1) is 5.92 Å². The van der Waals surface area contributed by atoms with Gasteiger partial charge in [-0.25, -0.2) is 0 Å².